The summed E-state index contributed by atoms with van der Waals surface area (Å²) < 4.78 is 10.5. The van der Waals surface area contributed by atoms with E-state index in [0.717, 1.165) is 29.2 Å². The highest BCUT2D eigenvalue weighted by Crippen LogP contribution is 2.21. The maximum Gasteiger partial charge on any atom is 0.123 e. The van der Waals surface area contributed by atoms with Crippen molar-refractivity contribution in [2.75, 3.05) is 20.3 Å². The predicted octanol–water partition coefficient (Wildman–Crippen LogP) is 2.70. The first-order valence-corrected chi connectivity index (χ1v) is 5.10. The molecule has 3 heteroatoms. The van der Waals surface area contributed by atoms with E-state index in [1.54, 1.807) is 7.11 Å². The van der Waals surface area contributed by atoms with Crippen LogP contribution >= 0.6 is 12.6 Å². The van der Waals surface area contributed by atoms with Crippen LogP contribution in [0.4, 0.5) is 0 Å². The molecule has 0 fully saturated rings. The lowest BCUT2D eigenvalue weighted by Gasteiger charge is -2.09. The van der Waals surface area contributed by atoms with Crippen molar-refractivity contribution < 1.29 is 9.47 Å². The molecule has 0 aliphatic rings. The molecule has 0 aliphatic heterocycles. The molecule has 2 nitrogen and oxygen atoms in total. The Bertz CT molecular complexity index is 287. The zero-order valence-corrected chi connectivity index (χ0v) is 9.51. The van der Waals surface area contributed by atoms with Crippen LogP contribution in [0.15, 0.2) is 23.1 Å². The second-order valence-electron chi connectivity index (χ2n) is 3.14. The number of hydrogen-bond donors (Lipinski definition) is 1. The van der Waals surface area contributed by atoms with Crippen molar-refractivity contribution in [3.05, 3.63) is 23.8 Å². The van der Waals surface area contributed by atoms with Gasteiger partial charge in [-0.2, -0.15) is 0 Å². The predicted molar refractivity (Wildman–Crippen MR) is 60.4 cm³/mol. The molecule has 0 atom stereocenters. The van der Waals surface area contributed by atoms with Gasteiger partial charge >= 0.3 is 0 Å². The Morgan fingerprint density at radius 3 is 2.79 bits per heavy atom. The summed E-state index contributed by atoms with van der Waals surface area (Å²) >= 11 is 4.26. The Labute approximate surface area is 90.6 Å². The van der Waals surface area contributed by atoms with E-state index < -0.39 is 0 Å². The highest BCUT2D eigenvalue weighted by atomic mass is 32.1. The van der Waals surface area contributed by atoms with Crippen LogP contribution in [-0.4, -0.2) is 20.3 Å². The van der Waals surface area contributed by atoms with Gasteiger partial charge in [-0.25, -0.2) is 0 Å². The van der Waals surface area contributed by atoms with E-state index in [1.807, 2.05) is 25.1 Å². The van der Waals surface area contributed by atoms with Crippen molar-refractivity contribution >= 4 is 12.6 Å². The molecule has 0 heterocycles. The van der Waals surface area contributed by atoms with E-state index in [0.29, 0.717) is 6.61 Å². The third-order valence-corrected chi connectivity index (χ3v) is 2.20. The van der Waals surface area contributed by atoms with Gasteiger partial charge in [-0.15, -0.1) is 12.6 Å². The van der Waals surface area contributed by atoms with Gasteiger partial charge in [0.25, 0.3) is 0 Å². The van der Waals surface area contributed by atoms with Crippen molar-refractivity contribution in [2.24, 2.45) is 0 Å². The van der Waals surface area contributed by atoms with Crippen LogP contribution in [-0.2, 0) is 4.74 Å². The second-order valence-corrected chi connectivity index (χ2v) is 3.66. The monoisotopic (exact) mass is 212 g/mol. The normalized spacial score (nSPS) is 10.2. The molecular weight excluding hydrogens is 196 g/mol. The van der Waals surface area contributed by atoms with Crippen LogP contribution in [0, 0.1) is 6.92 Å². The highest BCUT2D eigenvalue weighted by Gasteiger charge is 1.99. The number of hydrogen-bond acceptors (Lipinski definition) is 3. The van der Waals surface area contributed by atoms with E-state index in [2.05, 4.69) is 12.6 Å². The Hall–Kier alpha value is -0.670. The summed E-state index contributed by atoms with van der Waals surface area (Å²) in [6, 6.07) is 5.90. The minimum atomic E-state index is 0.686. The van der Waals surface area contributed by atoms with Crippen LogP contribution in [0.25, 0.3) is 0 Å². The van der Waals surface area contributed by atoms with Gasteiger partial charge in [-0.05, 0) is 24.6 Å². The van der Waals surface area contributed by atoms with Crippen LogP contribution in [0.1, 0.15) is 12.0 Å². The van der Waals surface area contributed by atoms with E-state index in [-0.39, 0.29) is 0 Å². The zero-order chi connectivity index (χ0) is 10.4. The van der Waals surface area contributed by atoms with Gasteiger partial charge in [0.15, 0.2) is 0 Å². The molecule has 1 rings (SSSR count). The summed E-state index contributed by atoms with van der Waals surface area (Å²) in [5.41, 5.74) is 1.14. The van der Waals surface area contributed by atoms with Crippen LogP contribution < -0.4 is 4.74 Å². The number of methoxy groups -OCH3 is 1. The fourth-order valence-corrected chi connectivity index (χ4v) is 1.32. The third-order valence-electron chi connectivity index (χ3n) is 1.92. The first-order chi connectivity index (χ1) is 6.74. The van der Waals surface area contributed by atoms with E-state index >= 15 is 0 Å². The molecule has 1 aromatic rings. The van der Waals surface area contributed by atoms with E-state index in [1.165, 1.54) is 0 Å². The van der Waals surface area contributed by atoms with Gasteiger partial charge in [-0.3, -0.25) is 0 Å². The highest BCUT2D eigenvalue weighted by molar-refractivity contribution is 7.80. The Morgan fingerprint density at radius 1 is 1.29 bits per heavy atom. The van der Waals surface area contributed by atoms with Gasteiger partial charge in [0.2, 0.25) is 0 Å². The number of ether oxygens (including phenoxy) is 2. The number of thiol groups is 1. The summed E-state index contributed by atoms with van der Waals surface area (Å²) in [4.78, 5) is 0.928. The second kappa shape index (κ2) is 5.94. The molecule has 78 valence electrons. The molecule has 0 bridgehead atoms. The third kappa shape index (κ3) is 3.60. The smallest absolute Gasteiger partial charge is 0.123 e. The fourth-order valence-electron chi connectivity index (χ4n) is 1.13. The molecule has 0 radical (unpaired) electrons. The van der Waals surface area contributed by atoms with Gasteiger partial charge in [0.05, 0.1) is 6.61 Å². The molecule has 0 aromatic heterocycles. The Kier molecular flexibility index (Phi) is 4.84. The SMILES string of the molecule is COCCCOc1cc(S)ccc1C. The average molecular weight is 212 g/mol. The van der Waals surface area contributed by atoms with Crippen LogP contribution in [0.2, 0.25) is 0 Å². The van der Waals surface area contributed by atoms with E-state index in [9.17, 15) is 0 Å². The lowest BCUT2D eigenvalue weighted by Crippen LogP contribution is -2.02. The average Bonchev–Trinajstić information content (AvgIpc) is 2.18. The lowest BCUT2D eigenvalue weighted by atomic mass is 10.2. The summed E-state index contributed by atoms with van der Waals surface area (Å²) in [6.07, 6.45) is 0.909. The standard InChI is InChI=1S/C11H16O2S/c1-9-4-5-10(14)8-11(9)13-7-3-6-12-2/h4-5,8,14H,3,6-7H2,1-2H3. The molecule has 0 aliphatic carbocycles. The summed E-state index contributed by atoms with van der Waals surface area (Å²) in [5, 5.41) is 0. The molecule has 1 aromatic carbocycles. The first kappa shape index (κ1) is 11.4. The first-order valence-electron chi connectivity index (χ1n) is 4.65. The van der Waals surface area contributed by atoms with Crippen LogP contribution in [0.5, 0.6) is 5.75 Å². The summed E-state index contributed by atoms with van der Waals surface area (Å²) in [5.74, 6) is 0.911. The van der Waals surface area contributed by atoms with Crippen molar-refractivity contribution in [3.63, 3.8) is 0 Å². The van der Waals surface area contributed by atoms with Gasteiger partial charge in [0.1, 0.15) is 5.75 Å². The Balaban J connectivity index is 2.45. The number of benzene rings is 1. The van der Waals surface area contributed by atoms with Crippen LogP contribution in [0.3, 0.4) is 0 Å². The minimum Gasteiger partial charge on any atom is -0.493 e. The maximum absolute atomic E-state index is 5.59. The summed E-state index contributed by atoms with van der Waals surface area (Å²) in [7, 11) is 1.69. The van der Waals surface area contributed by atoms with E-state index in [4.69, 9.17) is 9.47 Å². The minimum absolute atomic E-state index is 0.686. The molecule has 0 unspecified atom stereocenters. The fraction of sp³-hybridized carbons (Fsp3) is 0.455. The van der Waals surface area contributed by atoms with Gasteiger partial charge < -0.3 is 9.47 Å². The quantitative estimate of drug-likeness (QED) is 0.597. The van der Waals surface area contributed by atoms with Crippen molar-refractivity contribution in [2.45, 2.75) is 18.2 Å². The van der Waals surface area contributed by atoms with Gasteiger partial charge in [-0.1, -0.05) is 6.07 Å². The molecule has 0 amide bonds. The van der Waals surface area contributed by atoms with Crippen molar-refractivity contribution in [3.8, 4) is 5.75 Å². The molecule has 0 saturated carbocycles. The molecule has 0 spiro atoms. The zero-order valence-electron chi connectivity index (χ0n) is 8.62. The largest absolute Gasteiger partial charge is 0.493 e. The van der Waals surface area contributed by atoms with Crippen molar-refractivity contribution in [1.29, 1.82) is 0 Å². The molecule has 0 N–H and O–H groups in total. The molecule has 14 heavy (non-hydrogen) atoms. The van der Waals surface area contributed by atoms with Gasteiger partial charge in [0, 0.05) is 25.0 Å². The lowest BCUT2D eigenvalue weighted by molar-refractivity contribution is 0.172. The maximum atomic E-state index is 5.59. The van der Waals surface area contributed by atoms with Crippen molar-refractivity contribution in [1.82, 2.24) is 0 Å². The molecular formula is C11H16O2S. The topological polar surface area (TPSA) is 18.5 Å². The number of rotatable bonds is 5. The number of aryl methyl sites for hydroxylation is 1. The summed E-state index contributed by atoms with van der Waals surface area (Å²) in [6.45, 7) is 3.45. The molecule has 0 saturated heterocycles. The Morgan fingerprint density at radius 2 is 2.07 bits per heavy atom.